The van der Waals surface area contributed by atoms with Gasteiger partial charge in [-0.2, -0.15) is 5.10 Å². The molecule has 90 valence electrons. The number of aryl methyl sites for hydroxylation is 1. The Bertz CT molecular complexity index is 338. The molecule has 0 saturated carbocycles. The lowest BCUT2D eigenvalue weighted by Gasteiger charge is -2.34. The SMILES string of the molecule is CCCN1CCN(c2nn(C)cc2N)CC1. The number of aromatic nitrogens is 2. The minimum Gasteiger partial charge on any atom is -0.394 e. The number of hydrogen-bond acceptors (Lipinski definition) is 4. The average molecular weight is 223 g/mol. The van der Waals surface area contributed by atoms with Crippen molar-refractivity contribution in [1.29, 1.82) is 0 Å². The highest BCUT2D eigenvalue weighted by Gasteiger charge is 2.19. The molecule has 0 atom stereocenters. The fraction of sp³-hybridized carbons (Fsp3) is 0.727. The summed E-state index contributed by atoms with van der Waals surface area (Å²) in [5.41, 5.74) is 6.71. The molecule has 1 saturated heterocycles. The third kappa shape index (κ3) is 2.29. The maximum absolute atomic E-state index is 5.93. The summed E-state index contributed by atoms with van der Waals surface area (Å²) < 4.78 is 1.78. The van der Waals surface area contributed by atoms with E-state index >= 15 is 0 Å². The smallest absolute Gasteiger partial charge is 0.173 e. The van der Waals surface area contributed by atoms with E-state index in [-0.39, 0.29) is 0 Å². The topological polar surface area (TPSA) is 50.3 Å². The van der Waals surface area contributed by atoms with E-state index < -0.39 is 0 Å². The van der Waals surface area contributed by atoms with E-state index in [0.29, 0.717) is 0 Å². The monoisotopic (exact) mass is 223 g/mol. The van der Waals surface area contributed by atoms with Crippen LogP contribution in [0, 0.1) is 0 Å². The first-order valence-corrected chi connectivity index (χ1v) is 5.97. The number of rotatable bonds is 3. The maximum Gasteiger partial charge on any atom is 0.173 e. The molecule has 5 nitrogen and oxygen atoms in total. The van der Waals surface area contributed by atoms with E-state index in [1.165, 1.54) is 13.0 Å². The summed E-state index contributed by atoms with van der Waals surface area (Å²) >= 11 is 0. The molecule has 0 amide bonds. The van der Waals surface area contributed by atoms with Crippen molar-refractivity contribution < 1.29 is 0 Å². The van der Waals surface area contributed by atoms with Gasteiger partial charge in [0.05, 0.1) is 5.69 Å². The van der Waals surface area contributed by atoms with Crippen LogP contribution in [0.2, 0.25) is 0 Å². The van der Waals surface area contributed by atoms with Crippen molar-refractivity contribution in [3.8, 4) is 0 Å². The van der Waals surface area contributed by atoms with Gasteiger partial charge in [-0.15, -0.1) is 0 Å². The molecular weight excluding hydrogens is 202 g/mol. The maximum atomic E-state index is 5.93. The first kappa shape index (κ1) is 11.3. The molecule has 1 aliphatic rings. The quantitative estimate of drug-likeness (QED) is 0.812. The van der Waals surface area contributed by atoms with Crippen LogP contribution in [0.3, 0.4) is 0 Å². The number of nitrogen functional groups attached to an aromatic ring is 1. The van der Waals surface area contributed by atoms with Crippen molar-refractivity contribution in [2.24, 2.45) is 7.05 Å². The molecule has 16 heavy (non-hydrogen) atoms. The van der Waals surface area contributed by atoms with E-state index in [1.54, 1.807) is 4.68 Å². The van der Waals surface area contributed by atoms with Gasteiger partial charge in [0.25, 0.3) is 0 Å². The predicted molar refractivity (Wildman–Crippen MR) is 66.6 cm³/mol. The van der Waals surface area contributed by atoms with Gasteiger partial charge >= 0.3 is 0 Å². The van der Waals surface area contributed by atoms with Crippen molar-refractivity contribution in [2.75, 3.05) is 43.4 Å². The number of anilines is 2. The Balaban J connectivity index is 1.96. The third-order valence-electron chi connectivity index (χ3n) is 3.05. The lowest BCUT2D eigenvalue weighted by molar-refractivity contribution is 0.258. The second-order valence-electron chi connectivity index (χ2n) is 4.41. The Morgan fingerprint density at radius 1 is 1.31 bits per heavy atom. The summed E-state index contributed by atoms with van der Waals surface area (Å²) in [4.78, 5) is 4.77. The first-order valence-electron chi connectivity index (χ1n) is 5.97. The molecule has 1 aromatic heterocycles. The lowest BCUT2D eigenvalue weighted by atomic mass is 10.3. The van der Waals surface area contributed by atoms with Crippen LogP contribution in [-0.4, -0.2) is 47.4 Å². The molecule has 0 unspecified atom stereocenters. The Labute approximate surface area is 96.8 Å². The highest BCUT2D eigenvalue weighted by atomic mass is 15.4. The van der Waals surface area contributed by atoms with Gasteiger partial charge in [0.15, 0.2) is 5.82 Å². The third-order valence-corrected chi connectivity index (χ3v) is 3.05. The van der Waals surface area contributed by atoms with E-state index in [1.807, 2.05) is 13.2 Å². The van der Waals surface area contributed by atoms with E-state index in [9.17, 15) is 0 Å². The highest BCUT2D eigenvalue weighted by Crippen LogP contribution is 2.21. The molecular formula is C11H21N5. The zero-order chi connectivity index (χ0) is 11.5. The molecule has 1 aliphatic heterocycles. The van der Waals surface area contributed by atoms with Crippen molar-refractivity contribution in [2.45, 2.75) is 13.3 Å². The van der Waals surface area contributed by atoms with Crippen molar-refractivity contribution >= 4 is 11.5 Å². The zero-order valence-electron chi connectivity index (χ0n) is 10.2. The van der Waals surface area contributed by atoms with Gasteiger partial charge in [-0.1, -0.05) is 6.92 Å². The normalized spacial score (nSPS) is 18.0. The van der Waals surface area contributed by atoms with E-state index in [0.717, 1.165) is 37.7 Å². The standard InChI is InChI=1S/C11H21N5/c1-3-4-15-5-7-16(8-6-15)11-10(12)9-14(2)13-11/h9H,3-8,12H2,1-2H3. The zero-order valence-corrected chi connectivity index (χ0v) is 10.2. The van der Waals surface area contributed by atoms with Gasteiger partial charge in [0, 0.05) is 39.4 Å². The van der Waals surface area contributed by atoms with Crippen molar-refractivity contribution in [3.05, 3.63) is 6.20 Å². The van der Waals surface area contributed by atoms with Gasteiger partial charge in [0.1, 0.15) is 0 Å². The Morgan fingerprint density at radius 2 is 2.00 bits per heavy atom. The molecule has 2 rings (SSSR count). The van der Waals surface area contributed by atoms with E-state index in [2.05, 4.69) is 21.8 Å². The second-order valence-corrected chi connectivity index (χ2v) is 4.41. The summed E-state index contributed by atoms with van der Waals surface area (Å²) in [6.45, 7) is 7.71. The van der Waals surface area contributed by atoms with Crippen molar-refractivity contribution in [3.63, 3.8) is 0 Å². The molecule has 5 heteroatoms. The molecule has 1 aromatic rings. The van der Waals surface area contributed by atoms with Crippen LogP contribution in [0.25, 0.3) is 0 Å². The minimum absolute atomic E-state index is 0.784. The number of hydrogen-bond donors (Lipinski definition) is 1. The van der Waals surface area contributed by atoms with Crippen molar-refractivity contribution in [1.82, 2.24) is 14.7 Å². The van der Waals surface area contributed by atoms with Crippen LogP contribution in [0.15, 0.2) is 6.20 Å². The van der Waals surface area contributed by atoms with Crippen LogP contribution in [0.1, 0.15) is 13.3 Å². The van der Waals surface area contributed by atoms with Gasteiger partial charge in [-0.05, 0) is 13.0 Å². The number of nitrogens with two attached hydrogens (primary N) is 1. The van der Waals surface area contributed by atoms with Crippen LogP contribution in [-0.2, 0) is 7.05 Å². The molecule has 0 spiro atoms. The van der Waals surface area contributed by atoms with Gasteiger partial charge in [-0.25, -0.2) is 0 Å². The Kier molecular flexibility index (Phi) is 3.33. The molecule has 0 aliphatic carbocycles. The summed E-state index contributed by atoms with van der Waals surface area (Å²) in [5, 5.41) is 4.40. The molecule has 2 N–H and O–H groups in total. The molecule has 0 aromatic carbocycles. The summed E-state index contributed by atoms with van der Waals surface area (Å²) in [7, 11) is 1.91. The summed E-state index contributed by atoms with van der Waals surface area (Å²) in [6.07, 6.45) is 3.10. The van der Waals surface area contributed by atoms with E-state index in [4.69, 9.17) is 5.73 Å². The van der Waals surface area contributed by atoms with Gasteiger partial charge < -0.3 is 10.6 Å². The highest BCUT2D eigenvalue weighted by molar-refractivity contribution is 5.61. The summed E-state index contributed by atoms with van der Waals surface area (Å²) in [6, 6.07) is 0. The Hall–Kier alpha value is -1.23. The van der Waals surface area contributed by atoms with Crippen LogP contribution in [0.4, 0.5) is 11.5 Å². The summed E-state index contributed by atoms with van der Waals surface area (Å²) in [5.74, 6) is 0.943. The molecule has 0 bridgehead atoms. The number of nitrogens with zero attached hydrogens (tertiary/aromatic N) is 4. The average Bonchev–Trinajstić information content (AvgIpc) is 2.59. The fourth-order valence-electron chi connectivity index (χ4n) is 2.24. The van der Waals surface area contributed by atoms with Crippen LogP contribution < -0.4 is 10.6 Å². The van der Waals surface area contributed by atoms with Gasteiger partial charge in [0.2, 0.25) is 0 Å². The Morgan fingerprint density at radius 3 is 2.50 bits per heavy atom. The lowest BCUT2D eigenvalue weighted by Crippen LogP contribution is -2.46. The first-order chi connectivity index (χ1) is 7.70. The largest absolute Gasteiger partial charge is 0.394 e. The molecule has 2 heterocycles. The van der Waals surface area contributed by atoms with Crippen LogP contribution in [0.5, 0.6) is 0 Å². The second kappa shape index (κ2) is 4.74. The van der Waals surface area contributed by atoms with Gasteiger partial charge in [-0.3, -0.25) is 9.58 Å². The van der Waals surface area contributed by atoms with Crippen LogP contribution >= 0.6 is 0 Å². The predicted octanol–water partition coefficient (Wildman–Crippen LogP) is 0.534. The fourth-order valence-corrected chi connectivity index (χ4v) is 2.24. The molecule has 1 fully saturated rings. The minimum atomic E-state index is 0.784. The molecule has 0 radical (unpaired) electrons. The number of piperazine rings is 1.